The largest absolute Gasteiger partial charge is 0.384 e. The summed E-state index contributed by atoms with van der Waals surface area (Å²) in [5.74, 6) is -0.722. The van der Waals surface area contributed by atoms with Crippen LogP contribution in [0.4, 0.5) is 4.39 Å². The topological polar surface area (TPSA) is 36.4 Å². The van der Waals surface area contributed by atoms with Crippen LogP contribution in [0.1, 0.15) is 29.2 Å². The number of fused-ring (bicyclic) bond motifs is 1. The van der Waals surface area contributed by atoms with Gasteiger partial charge in [0, 0.05) is 28.0 Å². The monoisotopic (exact) mass is 506 g/mol. The molecule has 3 aromatic carbocycles. The maximum absolute atomic E-state index is 14.3. The van der Waals surface area contributed by atoms with Gasteiger partial charge in [-0.2, -0.15) is 0 Å². The van der Waals surface area contributed by atoms with Gasteiger partial charge in [-0.3, -0.25) is 4.98 Å². The van der Waals surface area contributed by atoms with E-state index in [-0.39, 0.29) is 11.7 Å². The predicted molar refractivity (Wildman–Crippen MR) is 136 cm³/mol. The zero-order chi connectivity index (χ0) is 23.4. The highest BCUT2D eigenvalue weighted by atomic mass is 79.9. The Morgan fingerprint density at radius 2 is 1.76 bits per heavy atom. The molecule has 5 heteroatoms. The first-order valence-electron chi connectivity index (χ1n) is 11.1. The predicted octanol–water partition coefficient (Wildman–Crippen LogP) is 6.30. The molecule has 0 radical (unpaired) electrons. The standard InChI is InChI=1S/C28H28BrFN2O/c1-32(2)16-15-28(33,22-9-6-10-24(30)19-22)25(17-20-7-4-3-5-8-20)27-13-11-21-18-23(29)12-14-26(21)31-27/h3-14,18-19,25,33H,15-17H2,1-2H3. The molecule has 0 saturated heterocycles. The van der Waals surface area contributed by atoms with E-state index in [9.17, 15) is 9.50 Å². The summed E-state index contributed by atoms with van der Waals surface area (Å²) in [5, 5.41) is 13.3. The molecule has 33 heavy (non-hydrogen) atoms. The molecule has 170 valence electrons. The van der Waals surface area contributed by atoms with Crippen molar-refractivity contribution in [2.45, 2.75) is 24.4 Å². The Kier molecular flexibility index (Phi) is 7.23. The second-order valence-electron chi connectivity index (χ2n) is 8.80. The average Bonchev–Trinajstić information content (AvgIpc) is 2.81. The first-order valence-corrected chi connectivity index (χ1v) is 11.9. The molecule has 1 aromatic heterocycles. The van der Waals surface area contributed by atoms with Crippen molar-refractivity contribution in [3.8, 4) is 0 Å². The number of aliphatic hydroxyl groups is 1. The summed E-state index contributed by atoms with van der Waals surface area (Å²) in [6, 6.07) is 26.4. The highest BCUT2D eigenvalue weighted by Gasteiger charge is 2.40. The number of rotatable bonds is 8. The highest BCUT2D eigenvalue weighted by molar-refractivity contribution is 9.10. The fraction of sp³-hybridized carbons (Fsp3) is 0.250. The van der Waals surface area contributed by atoms with Crippen LogP contribution in [-0.2, 0) is 12.0 Å². The summed E-state index contributed by atoms with van der Waals surface area (Å²) in [4.78, 5) is 7.00. The van der Waals surface area contributed by atoms with Gasteiger partial charge in [0.1, 0.15) is 5.82 Å². The van der Waals surface area contributed by atoms with Crippen LogP contribution in [0, 0.1) is 5.82 Å². The maximum Gasteiger partial charge on any atom is 0.123 e. The Labute approximate surface area is 203 Å². The van der Waals surface area contributed by atoms with Crippen molar-refractivity contribution in [3.63, 3.8) is 0 Å². The van der Waals surface area contributed by atoms with E-state index in [4.69, 9.17) is 4.98 Å². The molecule has 0 aliphatic heterocycles. The minimum Gasteiger partial charge on any atom is -0.384 e. The SMILES string of the molecule is CN(C)CCC(O)(c1cccc(F)c1)C(Cc1ccccc1)c1ccc2cc(Br)ccc2n1. The van der Waals surface area contributed by atoms with Crippen molar-refractivity contribution in [2.24, 2.45) is 0 Å². The average molecular weight is 507 g/mol. The zero-order valence-electron chi connectivity index (χ0n) is 18.9. The van der Waals surface area contributed by atoms with Crippen molar-refractivity contribution in [3.05, 3.63) is 112 Å². The van der Waals surface area contributed by atoms with Gasteiger partial charge in [-0.1, -0.05) is 64.5 Å². The lowest BCUT2D eigenvalue weighted by atomic mass is 9.73. The second kappa shape index (κ2) is 10.1. The maximum atomic E-state index is 14.3. The first-order chi connectivity index (χ1) is 15.8. The van der Waals surface area contributed by atoms with E-state index in [1.807, 2.05) is 73.6 Å². The molecule has 0 aliphatic carbocycles. The first kappa shape index (κ1) is 23.6. The minimum absolute atomic E-state index is 0.356. The van der Waals surface area contributed by atoms with Crippen LogP contribution < -0.4 is 0 Å². The highest BCUT2D eigenvalue weighted by Crippen LogP contribution is 2.42. The van der Waals surface area contributed by atoms with Gasteiger partial charge in [0.05, 0.1) is 11.1 Å². The summed E-state index contributed by atoms with van der Waals surface area (Å²) in [6.45, 7) is 0.652. The third-order valence-corrected chi connectivity index (χ3v) is 6.65. The third kappa shape index (κ3) is 5.49. The van der Waals surface area contributed by atoms with Crippen molar-refractivity contribution in [1.82, 2.24) is 9.88 Å². The van der Waals surface area contributed by atoms with Gasteiger partial charge in [-0.05, 0) is 74.5 Å². The molecule has 1 heterocycles. The molecular weight excluding hydrogens is 479 g/mol. The molecular formula is C28H28BrFN2O. The fourth-order valence-corrected chi connectivity index (χ4v) is 4.72. The number of hydrogen-bond donors (Lipinski definition) is 1. The van der Waals surface area contributed by atoms with Gasteiger partial charge < -0.3 is 10.0 Å². The molecule has 0 spiro atoms. The van der Waals surface area contributed by atoms with E-state index in [2.05, 4.69) is 28.1 Å². The Balaban J connectivity index is 1.87. The van der Waals surface area contributed by atoms with Crippen LogP contribution in [0.5, 0.6) is 0 Å². The molecule has 4 aromatic rings. The normalized spacial score (nSPS) is 14.4. The van der Waals surface area contributed by atoms with Gasteiger partial charge in [-0.25, -0.2) is 4.39 Å². The van der Waals surface area contributed by atoms with Crippen LogP contribution in [0.3, 0.4) is 0 Å². The number of hydrogen-bond acceptors (Lipinski definition) is 3. The van der Waals surface area contributed by atoms with E-state index in [1.54, 1.807) is 6.07 Å². The Morgan fingerprint density at radius 1 is 0.970 bits per heavy atom. The number of pyridine rings is 1. The lowest BCUT2D eigenvalue weighted by Crippen LogP contribution is -2.38. The quantitative estimate of drug-likeness (QED) is 0.304. The fourth-order valence-electron chi connectivity index (χ4n) is 4.35. The van der Waals surface area contributed by atoms with Gasteiger partial charge in [0.15, 0.2) is 0 Å². The summed E-state index contributed by atoms with van der Waals surface area (Å²) in [7, 11) is 3.95. The Hall–Kier alpha value is -2.60. The van der Waals surface area contributed by atoms with E-state index in [0.29, 0.717) is 24.9 Å². The van der Waals surface area contributed by atoms with Gasteiger partial charge in [0.2, 0.25) is 0 Å². The van der Waals surface area contributed by atoms with Crippen molar-refractivity contribution in [2.75, 3.05) is 20.6 Å². The number of halogens is 2. The van der Waals surface area contributed by atoms with Gasteiger partial charge in [0.25, 0.3) is 0 Å². The number of benzene rings is 3. The lowest BCUT2D eigenvalue weighted by molar-refractivity contribution is -0.00862. The van der Waals surface area contributed by atoms with Crippen LogP contribution in [0.15, 0.2) is 89.4 Å². The van der Waals surface area contributed by atoms with Crippen molar-refractivity contribution in [1.29, 1.82) is 0 Å². The summed E-state index contributed by atoms with van der Waals surface area (Å²) < 4.78 is 15.3. The zero-order valence-corrected chi connectivity index (χ0v) is 20.5. The molecule has 2 unspecified atom stereocenters. The van der Waals surface area contributed by atoms with Crippen molar-refractivity contribution < 1.29 is 9.50 Å². The molecule has 2 atom stereocenters. The molecule has 1 N–H and O–H groups in total. The Morgan fingerprint density at radius 3 is 2.48 bits per heavy atom. The van der Waals surface area contributed by atoms with Crippen molar-refractivity contribution >= 4 is 26.8 Å². The molecule has 0 fully saturated rings. The number of aromatic nitrogens is 1. The molecule has 0 saturated carbocycles. The van der Waals surface area contributed by atoms with Crippen LogP contribution in [0.2, 0.25) is 0 Å². The van der Waals surface area contributed by atoms with Gasteiger partial charge >= 0.3 is 0 Å². The van der Waals surface area contributed by atoms with Crippen LogP contribution >= 0.6 is 15.9 Å². The smallest absolute Gasteiger partial charge is 0.123 e. The summed E-state index contributed by atoms with van der Waals surface area (Å²) in [6.07, 6.45) is 1.03. The van der Waals surface area contributed by atoms with E-state index < -0.39 is 5.60 Å². The minimum atomic E-state index is -1.31. The van der Waals surface area contributed by atoms with Gasteiger partial charge in [-0.15, -0.1) is 0 Å². The summed E-state index contributed by atoms with van der Waals surface area (Å²) >= 11 is 3.52. The Bertz CT molecular complexity index is 1230. The molecule has 4 rings (SSSR count). The molecule has 0 aliphatic rings. The van der Waals surface area contributed by atoms with E-state index >= 15 is 0 Å². The van der Waals surface area contributed by atoms with Crippen LogP contribution in [-0.4, -0.2) is 35.6 Å². The van der Waals surface area contributed by atoms with E-state index in [1.165, 1.54) is 12.1 Å². The second-order valence-corrected chi connectivity index (χ2v) is 9.72. The molecule has 0 bridgehead atoms. The van der Waals surface area contributed by atoms with E-state index in [0.717, 1.165) is 26.6 Å². The number of nitrogens with zero attached hydrogens (tertiary/aromatic N) is 2. The summed E-state index contributed by atoms with van der Waals surface area (Å²) in [5.41, 5.74) is 2.02. The van der Waals surface area contributed by atoms with Crippen LogP contribution in [0.25, 0.3) is 10.9 Å². The molecule has 3 nitrogen and oxygen atoms in total. The lowest BCUT2D eigenvalue weighted by Gasteiger charge is -2.38. The third-order valence-electron chi connectivity index (χ3n) is 6.15. The molecule has 0 amide bonds.